The van der Waals surface area contributed by atoms with Gasteiger partial charge in [0.2, 0.25) is 0 Å². The summed E-state index contributed by atoms with van der Waals surface area (Å²) in [6, 6.07) is 5.60. The molecular weight excluding hydrogens is 322 g/mol. The molecule has 2 aromatic rings. The Bertz CT molecular complexity index is 955. The number of Topliss-reactive ketones (excluding diaryl/α,β-unsaturated/α-hetero) is 1. The zero-order valence-corrected chi connectivity index (χ0v) is 15.7. The molecule has 0 spiro atoms. The molecule has 0 radical (unpaired) electrons. The summed E-state index contributed by atoms with van der Waals surface area (Å²) in [5, 5.41) is 0.875. The van der Waals surface area contributed by atoms with E-state index < -0.39 is 11.5 Å². The largest absolute Gasteiger partial charge is 0.482 e. The Balaban J connectivity index is 2.36. The molecule has 0 bridgehead atoms. The van der Waals surface area contributed by atoms with E-state index >= 15 is 0 Å². The van der Waals surface area contributed by atoms with Crippen LogP contribution in [0, 0.1) is 37.0 Å². The molecule has 0 amide bonds. The summed E-state index contributed by atoms with van der Waals surface area (Å²) in [6.07, 6.45) is 12.5. The third-order valence-corrected chi connectivity index (χ3v) is 4.47. The molecule has 1 aromatic heterocycles. The lowest BCUT2D eigenvalue weighted by atomic mass is 9.82. The first kappa shape index (κ1) is 19.3. The zero-order chi connectivity index (χ0) is 19.5. The number of pyridine rings is 1. The molecule has 2 rings (SSSR count). The van der Waals surface area contributed by atoms with Crippen LogP contribution in [-0.2, 0) is 4.79 Å². The molecule has 26 heavy (non-hydrogen) atoms. The first-order valence-electron chi connectivity index (χ1n) is 8.48. The number of carbonyl (C=O) groups is 1. The summed E-state index contributed by atoms with van der Waals surface area (Å²) in [6.45, 7) is 11.3. The average molecular weight is 345 g/mol. The van der Waals surface area contributed by atoms with Crippen molar-refractivity contribution in [3.8, 4) is 30.4 Å². The molecule has 0 aliphatic carbocycles. The third kappa shape index (κ3) is 3.79. The van der Waals surface area contributed by atoms with E-state index in [9.17, 15) is 4.79 Å². The number of hydrogen-bond acceptors (Lipinski definition) is 3. The van der Waals surface area contributed by atoms with Gasteiger partial charge in [-0.05, 0) is 51.0 Å². The number of rotatable bonds is 6. The monoisotopic (exact) mass is 345 g/mol. The lowest BCUT2D eigenvalue weighted by Gasteiger charge is -2.24. The van der Waals surface area contributed by atoms with Gasteiger partial charge in [-0.3, -0.25) is 9.78 Å². The number of fused-ring (bicyclic) bond motifs is 1. The second-order valence-corrected chi connectivity index (χ2v) is 6.81. The van der Waals surface area contributed by atoms with Crippen LogP contribution in [0.25, 0.3) is 10.9 Å². The molecule has 0 saturated heterocycles. The summed E-state index contributed by atoms with van der Waals surface area (Å²) < 4.78 is 5.99. The third-order valence-electron chi connectivity index (χ3n) is 4.47. The van der Waals surface area contributed by atoms with E-state index in [1.165, 1.54) is 0 Å². The lowest BCUT2D eigenvalue weighted by Crippen LogP contribution is -2.32. The lowest BCUT2D eigenvalue weighted by molar-refractivity contribution is -0.122. The van der Waals surface area contributed by atoms with Crippen molar-refractivity contribution in [3.05, 3.63) is 47.7 Å². The van der Waals surface area contributed by atoms with Crippen molar-refractivity contribution >= 4 is 16.7 Å². The Kier molecular flexibility index (Phi) is 5.53. The maximum absolute atomic E-state index is 12.8. The molecule has 1 heterocycles. The number of aryl methyl sites for hydroxylation is 1. The zero-order valence-electron chi connectivity index (χ0n) is 15.7. The number of aromatic nitrogens is 1. The van der Waals surface area contributed by atoms with Crippen LogP contribution < -0.4 is 4.74 Å². The summed E-state index contributed by atoms with van der Waals surface area (Å²) >= 11 is 0. The molecule has 1 aromatic carbocycles. The van der Waals surface area contributed by atoms with Gasteiger partial charge in [-0.15, -0.1) is 12.8 Å². The number of benzene rings is 1. The van der Waals surface area contributed by atoms with Crippen LogP contribution in [-0.4, -0.2) is 16.9 Å². The Labute approximate surface area is 155 Å². The van der Waals surface area contributed by atoms with E-state index in [1.54, 1.807) is 20.0 Å². The van der Waals surface area contributed by atoms with Gasteiger partial charge in [0.15, 0.2) is 11.9 Å². The Morgan fingerprint density at radius 2 is 2.04 bits per heavy atom. The summed E-state index contributed by atoms with van der Waals surface area (Å²) in [5.41, 5.74) is 2.17. The van der Waals surface area contributed by atoms with Crippen molar-refractivity contribution in [2.45, 2.75) is 40.2 Å². The topological polar surface area (TPSA) is 39.2 Å². The molecular formula is C23H23NO2. The second-order valence-electron chi connectivity index (χ2n) is 6.81. The van der Waals surface area contributed by atoms with Gasteiger partial charge in [0, 0.05) is 22.7 Å². The van der Waals surface area contributed by atoms with Crippen molar-refractivity contribution in [3.63, 3.8) is 0 Å². The van der Waals surface area contributed by atoms with Gasteiger partial charge < -0.3 is 4.74 Å². The van der Waals surface area contributed by atoms with Gasteiger partial charge in [0.25, 0.3) is 0 Å². The van der Waals surface area contributed by atoms with Crippen molar-refractivity contribution in [2.75, 3.05) is 0 Å². The molecule has 1 unspecified atom stereocenters. The highest BCUT2D eigenvalue weighted by molar-refractivity contribution is 6.00. The minimum Gasteiger partial charge on any atom is -0.482 e. The van der Waals surface area contributed by atoms with E-state index in [0.717, 1.165) is 16.5 Å². The van der Waals surface area contributed by atoms with Gasteiger partial charge >= 0.3 is 0 Å². The highest BCUT2D eigenvalue weighted by Crippen LogP contribution is 2.29. The predicted octanol–water partition coefficient (Wildman–Crippen LogP) is 4.47. The molecule has 0 aliphatic heterocycles. The highest BCUT2D eigenvalue weighted by Gasteiger charge is 2.30. The number of ketones is 1. The van der Waals surface area contributed by atoms with Crippen molar-refractivity contribution in [1.29, 1.82) is 0 Å². The van der Waals surface area contributed by atoms with Gasteiger partial charge in [-0.2, -0.15) is 0 Å². The first-order valence-corrected chi connectivity index (χ1v) is 8.48. The fraction of sp³-hybridized carbons (Fsp3) is 0.304. The number of terminal acetylenes is 2. The van der Waals surface area contributed by atoms with Gasteiger partial charge in [-0.1, -0.05) is 25.3 Å². The minimum absolute atomic E-state index is 0.177. The molecule has 132 valence electrons. The van der Waals surface area contributed by atoms with Crippen molar-refractivity contribution in [2.24, 2.45) is 5.41 Å². The maximum atomic E-state index is 12.8. The van der Waals surface area contributed by atoms with Crippen molar-refractivity contribution in [1.82, 2.24) is 4.98 Å². The summed E-state index contributed by atoms with van der Waals surface area (Å²) in [7, 11) is 0. The van der Waals surface area contributed by atoms with Crippen LogP contribution in [0.15, 0.2) is 36.5 Å². The highest BCUT2D eigenvalue weighted by atomic mass is 16.5. The van der Waals surface area contributed by atoms with Gasteiger partial charge in [-0.25, -0.2) is 0 Å². The number of hydrogen-bond donors (Lipinski definition) is 0. The Morgan fingerprint density at radius 1 is 1.35 bits per heavy atom. The summed E-state index contributed by atoms with van der Waals surface area (Å²) in [5.74, 6) is 5.60. The molecule has 0 saturated carbocycles. The van der Waals surface area contributed by atoms with Crippen LogP contribution >= 0.6 is 0 Å². The van der Waals surface area contributed by atoms with E-state index in [0.29, 0.717) is 23.3 Å². The van der Waals surface area contributed by atoms with Gasteiger partial charge in [0.1, 0.15) is 5.75 Å². The first-order chi connectivity index (χ1) is 12.2. The average Bonchev–Trinajstić information content (AvgIpc) is 2.64. The summed E-state index contributed by atoms with van der Waals surface area (Å²) in [4.78, 5) is 17.2. The van der Waals surface area contributed by atoms with Gasteiger partial charge in [0.05, 0.1) is 10.9 Å². The number of ether oxygens (including phenoxy) is 1. The van der Waals surface area contributed by atoms with E-state index in [-0.39, 0.29) is 5.78 Å². The Hall–Kier alpha value is -3.04. The van der Waals surface area contributed by atoms with Crippen LogP contribution in [0.4, 0.5) is 0 Å². The second kappa shape index (κ2) is 7.46. The van der Waals surface area contributed by atoms with E-state index in [4.69, 9.17) is 17.6 Å². The van der Waals surface area contributed by atoms with Crippen LogP contribution in [0.5, 0.6) is 5.75 Å². The number of nitrogens with zero attached hydrogens (tertiary/aromatic N) is 1. The SMILES string of the molecule is C#Cc1cnc2c(C)cc(OC(CC)C(=O)C(=C)C(C)(C)C#C)cc2c1. The quantitative estimate of drug-likeness (QED) is 0.573. The maximum Gasteiger partial charge on any atom is 0.200 e. The van der Waals surface area contributed by atoms with E-state index in [2.05, 4.69) is 23.4 Å². The molecule has 1 atom stereocenters. The van der Waals surface area contributed by atoms with Crippen molar-refractivity contribution < 1.29 is 9.53 Å². The smallest absolute Gasteiger partial charge is 0.200 e. The van der Waals surface area contributed by atoms with E-state index in [1.807, 2.05) is 32.0 Å². The molecule has 0 fully saturated rings. The normalized spacial score (nSPS) is 12.1. The van der Waals surface area contributed by atoms with Crippen LogP contribution in [0.2, 0.25) is 0 Å². The fourth-order valence-electron chi connectivity index (χ4n) is 2.62. The minimum atomic E-state index is -0.710. The van der Waals surface area contributed by atoms with Crippen LogP contribution in [0.1, 0.15) is 38.3 Å². The Morgan fingerprint density at radius 3 is 2.62 bits per heavy atom. The number of carbonyl (C=O) groups excluding carboxylic acids is 1. The predicted molar refractivity (Wildman–Crippen MR) is 106 cm³/mol. The van der Waals surface area contributed by atoms with Crippen LogP contribution in [0.3, 0.4) is 0 Å². The molecule has 0 aliphatic rings. The fourth-order valence-corrected chi connectivity index (χ4v) is 2.62. The molecule has 3 heteroatoms. The molecule has 0 N–H and O–H groups in total. The molecule has 3 nitrogen and oxygen atoms in total. The standard InChI is InChI=1S/C23H23NO2/c1-8-17-12-18-13-19(11-15(4)21(18)24-14-17)26-20(9-2)22(25)16(5)23(6,7)10-3/h1,3,11-14,20H,5,9H2,2,4,6-7H3.